The molecular weight excluding hydrogens is 482 g/mol. The molecule has 1 saturated heterocycles. The first-order valence-corrected chi connectivity index (χ1v) is 11.6. The number of ether oxygens (including phenoxy) is 3. The third kappa shape index (κ3) is 8.86. The molecule has 0 saturated carbocycles. The summed E-state index contributed by atoms with van der Waals surface area (Å²) in [5.74, 6) is -0.447. The lowest BCUT2D eigenvalue weighted by molar-refractivity contribution is -0.140. The molecule has 1 heterocycles. The zero-order valence-electron chi connectivity index (χ0n) is 18.7. The van der Waals surface area contributed by atoms with E-state index in [2.05, 4.69) is 21.2 Å². The van der Waals surface area contributed by atoms with Crippen LogP contribution in [-0.4, -0.2) is 86.3 Å². The molecule has 180 valence electrons. The first-order valence-electron chi connectivity index (χ1n) is 10.8. The molecule has 3 unspecified atom stereocenters. The van der Waals surface area contributed by atoms with Gasteiger partial charge in [-0.25, -0.2) is 0 Å². The quantitative estimate of drug-likeness (QED) is 0.330. The number of halogens is 1. The number of nitrogens with two attached hydrogens (primary N) is 1. The maximum atomic E-state index is 13.0. The minimum atomic E-state index is -1.22. The number of nitrogens with zero attached hydrogens (tertiary/aromatic N) is 1. The fourth-order valence-electron chi connectivity index (χ4n) is 3.13. The van der Waals surface area contributed by atoms with E-state index in [0.717, 1.165) is 4.47 Å². The molecule has 1 amide bonds. The number of aliphatic hydroxyl groups excluding tert-OH is 1. The molecule has 10 heteroatoms. The molecule has 0 radical (unpaired) electrons. The van der Waals surface area contributed by atoms with Crippen LogP contribution >= 0.6 is 15.9 Å². The molecule has 0 aromatic heterocycles. The number of carbonyl (C=O) groups is 2. The Kier molecular flexibility index (Phi) is 11.7. The van der Waals surface area contributed by atoms with E-state index in [1.807, 2.05) is 13.8 Å². The number of ketones is 1. The van der Waals surface area contributed by atoms with Crippen molar-refractivity contribution >= 4 is 27.6 Å². The van der Waals surface area contributed by atoms with Crippen molar-refractivity contribution in [3.8, 4) is 0 Å². The Morgan fingerprint density at radius 1 is 1.22 bits per heavy atom. The zero-order chi connectivity index (χ0) is 23.5. The summed E-state index contributed by atoms with van der Waals surface area (Å²) in [4.78, 5) is 26.8. The number of hydrogen-bond acceptors (Lipinski definition) is 8. The number of amides is 1. The van der Waals surface area contributed by atoms with E-state index >= 15 is 0 Å². The Hall–Kier alpha value is -1.40. The fraction of sp³-hybridized carbons (Fsp3) is 0.636. The van der Waals surface area contributed by atoms with E-state index in [-0.39, 0.29) is 30.8 Å². The highest BCUT2D eigenvalue weighted by Gasteiger charge is 2.29. The van der Waals surface area contributed by atoms with Crippen molar-refractivity contribution < 1.29 is 28.9 Å². The highest BCUT2D eigenvalue weighted by molar-refractivity contribution is 9.10. The average Bonchev–Trinajstić information content (AvgIpc) is 2.78. The molecule has 0 bridgehead atoms. The van der Waals surface area contributed by atoms with Gasteiger partial charge in [0.1, 0.15) is 6.61 Å². The minimum absolute atomic E-state index is 0.0192. The van der Waals surface area contributed by atoms with Gasteiger partial charge >= 0.3 is 0 Å². The van der Waals surface area contributed by atoms with Crippen LogP contribution in [-0.2, 0) is 19.0 Å². The van der Waals surface area contributed by atoms with Gasteiger partial charge in [0.2, 0.25) is 5.91 Å². The summed E-state index contributed by atoms with van der Waals surface area (Å²) >= 11 is 3.32. The third-order valence-electron chi connectivity index (χ3n) is 5.15. The van der Waals surface area contributed by atoms with Crippen molar-refractivity contribution in [2.24, 2.45) is 11.7 Å². The van der Waals surface area contributed by atoms with Gasteiger partial charge in [-0.1, -0.05) is 41.9 Å². The Morgan fingerprint density at radius 3 is 2.53 bits per heavy atom. The summed E-state index contributed by atoms with van der Waals surface area (Å²) in [5.41, 5.74) is 6.61. The first-order chi connectivity index (χ1) is 15.3. The van der Waals surface area contributed by atoms with E-state index in [1.165, 1.54) is 0 Å². The number of aliphatic hydroxyl groups is 1. The van der Waals surface area contributed by atoms with E-state index in [1.54, 1.807) is 29.2 Å². The summed E-state index contributed by atoms with van der Waals surface area (Å²) in [5, 5.41) is 13.4. The maximum absolute atomic E-state index is 13.0. The maximum Gasteiger partial charge on any atom is 0.241 e. The van der Waals surface area contributed by atoms with Crippen LogP contribution in [0.4, 0.5) is 0 Å². The fourth-order valence-corrected chi connectivity index (χ4v) is 3.40. The molecule has 1 aromatic rings. The second-order valence-corrected chi connectivity index (χ2v) is 8.85. The Bertz CT molecular complexity index is 718. The smallest absolute Gasteiger partial charge is 0.241 e. The molecule has 9 nitrogen and oxygen atoms in total. The van der Waals surface area contributed by atoms with Crippen molar-refractivity contribution in [1.29, 1.82) is 0 Å². The molecule has 3 atom stereocenters. The van der Waals surface area contributed by atoms with Crippen molar-refractivity contribution in [2.45, 2.75) is 38.8 Å². The zero-order valence-corrected chi connectivity index (χ0v) is 20.3. The van der Waals surface area contributed by atoms with Gasteiger partial charge in [-0.05, 0) is 18.1 Å². The van der Waals surface area contributed by atoms with Crippen molar-refractivity contribution in [3.63, 3.8) is 0 Å². The van der Waals surface area contributed by atoms with Crippen molar-refractivity contribution in [1.82, 2.24) is 10.2 Å². The van der Waals surface area contributed by atoms with Crippen LogP contribution in [0.25, 0.3) is 0 Å². The number of carbonyl (C=O) groups excluding carboxylic acids is 2. The van der Waals surface area contributed by atoms with E-state index < -0.39 is 18.5 Å². The van der Waals surface area contributed by atoms with Crippen molar-refractivity contribution in [2.75, 3.05) is 46.1 Å². The summed E-state index contributed by atoms with van der Waals surface area (Å²) in [6.45, 7) is 5.66. The van der Waals surface area contributed by atoms with E-state index in [0.29, 0.717) is 45.0 Å². The average molecular weight is 516 g/mol. The topological polar surface area (TPSA) is 123 Å². The number of rotatable bonds is 9. The molecule has 1 aliphatic rings. The molecular formula is C22H34BrN3O6. The summed E-state index contributed by atoms with van der Waals surface area (Å²) in [6.07, 6.45) is -1.13. The second-order valence-electron chi connectivity index (χ2n) is 7.93. The Morgan fingerprint density at radius 2 is 1.88 bits per heavy atom. The first kappa shape index (κ1) is 26.8. The second kappa shape index (κ2) is 14.0. The predicted octanol–water partition coefficient (Wildman–Crippen LogP) is 1.13. The minimum Gasteiger partial charge on any atom is -0.379 e. The van der Waals surface area contributed by atoms with Crippen LogP contribution in [0.3, 0.4) is 0 Å². The number of benzene rings is 1. The number of Topliss-reactive ketones (excluding diaryl/α,β-unsaturated/α-hetero) is 1. The van der Waals surface area contributed by atoms with Crippen LogP contribution in [0.2, 0.25) is 0 Å². The summed E-state index contributed by atoms with van der Waals surface area (Å²) in [7, 11) is 0. The molecule has 1 aliphatic heterocycles. The summed E-state index contributed by atoms with van der Waals surface area (Å²) < 4.78 is 17.2. The molecule has 2 rings (SSSR count). The molecule has 0 spiro atoms. The molecule has 1 fully saturated rings. The van der Waals surface area contributed by atoms with Gasteiger partial charge in [0.25, 0.3) is 0 Å². The van der Waals surface area contributed by atoms with Gasteiger partial charge in [0.05, 0.1) is 32.0 Å². The normalized spacial score (nSPS) is 20.1. The van der Waals surface area contributed by atoms with Crippen LogP contribution < -0.4 is 11.1 Å². The highest BCUT2D eigenvalue weighted by atomic mass is 79.9. The molecule has 4 N–H and O–H groups in total. The standard InChI is InChI=1S/C22H34BrN3O6/c1-15(2)21(24)22(29)26-8-10-31-12-11-30-9-7-19(26)25-13-20(28)32-14-18(27)16-3-5-17(23)6-4-16/h3-6,15,19-21,25,28H,7-14,24H2,1-2H3. The van der Waals surface area contributed by atoms with Crippen LogP contribution in [0, 0.1) is 5.92 Å². The molecule has 32 heavy (non-hydrogen) atoms. The SMILES string of the molecule is CC(C)C(N)C(=O)N1CCOCCOCCC1NCC(O)OCC(=O)c1ccc(Br)cc1. The molecule has 1 aromatic carbocycles. The summed E-state index contributed by atoms with van der Waals surface area (Å²) in [6, 6.07) is 6.26. The lowest BCUT2D eigenvalue weighted by Crippen LogP contribution is -2.57. The number of nitrogens with one attached hydrogen (secondary N) is 1. The predicted molar refractivity (Wildman–Crippen MR) is 123 cm³/mol. The van der Waals surface area contributed by atoms with Gasteiger partial charge in [-0.3, -0.25) is 14.9 Å². The Balaban J connectivity index is 1.93. The largest absolute Gasteiger partial charge is 0.379 e. The third-order valence-corrected chi connectivity index (χ3v) is 5.68. The molecule has 0 aliphatic carbocycles. The lowest BCUT2D eigenvalue weighted by Gasteiger charge is -2.36. The van der Waals surface area contributed by atoms with Gasteiger partial charge in [0, 0.05) is 36.2 Å². The van der Waals surface area contributed by atoms with Gasteiger partial charge in [-0.2, -0.15) is 0 Å². The van der Waals surface area contributed by atoms with Crippen molar-refractivity contribution in [3.05, 3.63) is 34.3 Å². The van der Waals surface area contributed by atoms with Crippen LogP contribution in [0.15, 0.2) is 28.7 Å². The van der Waals surface area contributed by atoms with Gasteiger partial charge < -0.3 is 30.0 Å². The van der Waals surface area contributed by atoms with Crippen LogP contribution in [0.1, 0.15) is 30.6 Å². The highest BCUT2D eigenvalue weighted by Crippen LogP contribution is 2.12. The van der Waals surface area contributed by atoms with Crippen LogP contribution in [0.5, 0.6) is 0 Å². The van der Waals surface area contributed by atoms with Gasteiger partial charge in [0.15, 0.2) is 12.1 Å². The lowest BCUT2D eigenvalue weighted by atomic mass is 10.0. The monoisotopic (exact) mass is 515 g/mol. The number of hydrogen-bond donors (Lipinski definition) is 3. The van der Waals surface area contributed by atoms with E-state index in [4.69, 9.17) is 19.9 Å². The Labute approximate surface area is 197 Å². The van der Waals surface area contributed by atoms with Gasteiger partial charge in [-0.15, -0.1) is 0 Å². The van der Waals surface area contributed by atoms with E-state index in [9.17, 15) is 14.7 Å².